The first kappa shape index (κ1) is 10.4. The minimum Gasteiger partial charge on any atom is -0.369 e. The van der Waals surface area contributed by atoms with E-state index in [4.69, 9.17) is 5.73 Å². The van der Waals surface area contributed by atoms with Crippen LogP contribution in [0.2, 0.25) is 0 Å². The van der Waals surface area contributed by atoms with Crippen molar-refractivity contribution in [1.82, 2.24) is 4.40 Å². The van der Waals surface area contributed by atoms with Crippen LogP contribution in [0.1, 0.15) is 22.8 Å². The maximum atomic E-state index is 11.5. The van der Waals surface area contributed by atoms with Gasteiger partial charge in [-0.2, -0.15) is 0 Å². The summed E-state index contributed by atoms with van der Waals surface area (Å²) in [5.41, 5.74) is 7.31. The number of hydrogen-bond acceptors (Lipinski definition) is 2. The van der Waals surface area contributed by atoms with Gasteiger partial charge in [-0.1, -0.05) is 6.07 Å². The predicted molar refractivity (Wildman–Crippen MR) is 60.3 cm³/mol. The quantitative estimate of drug-likeness (QED) is 0.783. The van der Waals surface area contributed by atoms with Gasteiger partial charge in [0.05, 0.1) is 6.42 Å². The van der Waals surface area contributed by atoms with Crippen LogP contribution in [0.4, 0.5) is 0 Å². The number of fused-ring (bicyclic) bond motifs is 1. The topological polar surface area (TPSA) is 64.6 Å². The van der Waals surface area contributed by atoms with Gasteiger partial charge in [-0.25, -0.2) is 0 Å². The Bertz CT molecular complexity index is 569. The van der Waals surface area contributed by atoms with Gasteiger partial charge in [0.2, 0.25) is 5.91 Å². The molecule has 0 aliphatic carbocycles. The van der Waals surface area contributed by atoms with Gasteiger partial charge >= 0.3 is 0 Å². The molecule has 16 heavy (non-hydrogen) atoms. The monoisotopic (exact) mass is 216 g/mol. The number of carbonyl (C=O) groups is 2. The van der Waals surface area contributed by atoms with Crippen molar-refractivity contribution in [2.24, 2.45) is 5.73 Å². The number of ketones is 1. The van der Waals surface area contributed by atoms with E-state index in [9.17, 15) is 9.59 Å². The third kappa shape index (κ3) is 1.69. The SMILES string of the molecule is CC(=O)c1cn2ccccc2c1CC(N)=O. The number of carbonyl (C=O) groups excluding carboxylic acids is 2. The molecular formula is C12H12N2O2. The van der Waals surface area contributed by atoms with Crippen LogP contribution in [0.5, 0.6) is 0 Å². The van der Waals surface area contributed by atoms with Crippen molar-refractivity contribution in [2.75, 3.05) is 0 Å². The predicted octanol–water partition coefficient (Wildman–Crippen LogP) is 1.17. The Labute approximate surface area is 92.7 Å². The third-order valence-electron chi connectivity index (χ3n) is 2.52. The summed E-state index contributed by atoms with van der Waals surface area (Å²) in [6, 6.07) is 5.60. The van der Waals surface area contributed by atoms with Gasteiger partial charge in [-0.3, -0.25) is 9.59 Å². The molecule has 0 radical (unpaired) electrons. The number of nitrogens with zero attached hydrogens (tertiary/aromatic N) is 1. The van der Waals surface area contributed by atoms with Crippen LogP contribution in [0, 0.1) is 0 Å². The molecule has 2 N–H and O–H groups in total. The molecule has 2 rings (SSSR count). The second kappa shape index (κ2) is 3.81. The molecule has 0 bridgehead atoms. The Morgan fingerprint density at radius 1 is 1.38 bits per heavy atom. The molecule has 0 saturated heterocycles. The highest BCUT2D eigenvalue weighted by Crippen LogP contribution is 2.19. The molecule has 0 aromatic carbocycles. The van der Waals surface area contributed by atoms with E-state index in [1.807, 2.05) is 28.8 Å². The smallest absolute Gasteiger partial charge is 0.221 e. The van der Waals surface area contributed by atoms with E-state index in [0.29, 0.717) is 11.1 Å². The lowest BCUT2D eigenvalue weighted by molar-refractivity contribution is -0.117. The largest absolute Gasteiger partial charge is 0.369 e. The molecule has 0 aliphatic rings. The number of aromatic nitrogens is 1. The summed E-state index contributed by atoms with van der Waals surface area (Å²) >= 11 is 0. The molecule has 2 heterocycles. The summed E-state index contributed by atoms with van der Waals surface area (Å²) in [5, 5.41) is 0. The summed E-state index contributed by atoms with van der Waals surface area (Å²) in [6.45, 7) is 1.49. The van der Waals surface area contributed by atoms with Crippen LogP contribution in [0.3, 0.4) is 0 Å². The zero-order chi connectivity index (χ0) is 11.7. The molecule has 0 atom stereocenters. The van der Waals surface area contributed by atoms with E-state index in [1.54, 1.807) is 6.20 Å². The average molecular weight is 216 g/mol. The first-order valence-corrected chi connectivity index (χ1v) is 4.97. The number of amides is 1. The zero-order valence-corrected chi connectivity index (χ0v) is 8.93. The van der Waals surface area contributed by atoms with Crippen LogP contribution in [0.15, 0.2) is 30.6 Å². The van der Waals surface area contributed by atoms with E-state index >= 15 is 0 Å². The van der Waals surface area contributed by atoms with E-state index in [0.717, 1.165) is 5.52 Å². The number of hydrogen-bond donors (Lipinski definition) is 1. The Balaban J connectivity index is 2.69. The molecular weight excluding hydrogens is 204 g/mol. The minimum absolute atomic E-state index is 0.0556. The van der Waals surface area contributed by atoms with Crippen LogP contribution in [-0.4, -0.2) is 16.1 Å². The molecule has 4 nitrogen and oxygen atoms in total. The summed E-state index contributed by atoms with van der Waals surface area (Å²) in [5.74, 6) is -0.487. The summed E-state index contributed by atoms with van der Waals surface area (Å²) < 4.78 is 1.83. The highest BCUT2D eigenvalue weighted by molar-refractivity contribution is 5.99. The molecule has 4 heteroatoms. The summed E-state index contributed by atoms with van der Waals surface area (Å²) in [7, 11) is 0. The first-order valence-electron chi connectivity index (χ1n) is 4.97. The van der Waals surface area contributed by atoms with E-state index in [1.165, 1.54) is 6.92 Å². The number of pyridine rings is 1. The maximum Gasteiger partial charge on any atom is 0.221 e. The van der Waals surface area contributed by atoms with Gasteiger partial charge in [0, 0.05) is 23.5 Å². The average Bonchev–Trinajstić information content (AvgIpc) is 2.57. The number of nitrogens with two attached hydrogens (primary N) is 1. The molecule has 82 valence electrons. The van der Waals surface area contributed by atoms with Gasteiger partial charge < -0.3 is 10.1 Å². The Morgan fingerprint density at radius 2 is 2.12 bits per heavy atom. The van der Waals surface area contributed by atoms with Crippen molar-refractivity contribution in [1.29, 1.82) is 0 Å². The van der Waals surface area contributed by atoms with Gasteiger partial charge in [-0.15, -0.1) is 0 Å². The maximum absolute atomic E-state index is 11.5. The summed E-state index contributed by atoms with van der Waals surface area (Å²) in [4.78, 5) is 22.4. The molecule has 2 aromatic rings. The lowest BCUT2D eigenvalue weighted by Gasteiger charge is -1.99. The molecule has 1 amide bonds. The fourth-order valence-electron chi connectivity index (χ4n) is 1.84. The number of primary amides is 1. The Hall–Kier alpha value is -2.10. The van der Waals surface area contributed by atoms with Gasteiger partial charge in [0.15, 0.2) is 5.78 Å². The molecule has 0 fully saturated rings. The highest BCUT2D eigenvalue weighted by Gasteiger charge is 2.15. The fraction of sp³-hybridized carbons (Fsp3) is 0.167. The Kier molecular flexibility index (Phi) is 2.48. The molecule has 0 saturated carbocycles. The van der Waals surface area contributed by atoms with Gasteiger partial charge in [-0.05, 0) is 24.6 Å². The number of rotatable bonds is 3. The molecule has 2 aromatic heterocycles. The second-order valence-corrected chi connectivity index (χ2v) is 3.71. The normalized spacial score (nSPS) is 10.6. The van der Waals surface area contributed by atoms with Crippen LogP contribution >= 0.6 is 0 Å². The standard InChI is InChI=1S/C12H12N2O2/c1-8(15)10-7-14-5-3-2-4-11(14)9(10)6-12(13)16/h2-5,7H,6H2,1H3,(H2,13,16). The first-order chi connectivity index (χ1) is 7.59. The van der Waals surface area contributed by atoms with E-state index in [-0.39, 0.29) is 12.2 Å². The van der Waals surface area contributed by atoms with Crippen molar-refractivity contribution in [2.45, 2.75) is 13.3 Å². The van der Waals surface area contributed by atoms with Crippen LogP contribution in [-0.2, 0) is 11.2 Å². The van der Waals surface area contributed by atoms with Crippen molar-refractivity contribution in [3.8, 4) is 0 Å². The minimum atomic E-state index is -0.431. The second-order valence-electron chi connectivity index (χ2n) is 3.71. The van der Waals surface area contributed by atoms with Crippen molar-refractivity contribution >= 4 is 17.2 Å². The van der Waals surface area contributed by atoms with Crippen LogP contribution in [0.25, 0.3) is 5.52 Å². The van der Waals surface area contributed by atoms with Crippen molar-refractivity contribution < 1.29 is 9.59 Å². The lowest BCUT2D eigenvalue weighted by atomic mass is 10.1. The van der Waals surface area contributed by atoms with Crippen molar-refractivity contribution in [3.05, 3.63) is 41.7 Å². The highest BCUT2D eigenvalue weighted by atomic mass is 16.1. The molecule has 0 spiro atoms. The Morgan fingerprint density at radius 3 is 2.75 bits per heavy atom. The summed E-state index contributed by atoms with van der Waals surface area (Å²) in [6.07, 6.45) is 3.66. The van der Waals surface area contributed by atoms with Crippen molar-refractivity contribution in [3.63, 3.8) is 0 Å². The fourth-order valence-corrected chi connectivity index (χ4v) is 1.84. The lowest BCUT2D eigenvalue weighted by Crippen LogP contribution is -2.15. The molecule has 0 aliphatic heterocycles. The van der Waals surface area contributed by atoms with Crippen LogP contribution < -0.4 is 5.73 Å². The van der Waals surface area contributed by atoms with Gasteiger partial charge in [0.1, 0.15) is 0 Å². The zero-order valence-electron chi connectivity index (χ0n) is 8.93. The van der Waals surface area contributed by atoms with E-state index < -0.39 is 5.91 Å². The van der Waals surface area contributed by atoms with E-state index in [2.05, 4.69) is 0 Å². The number of Topliss-reactive ketones (excluding diaryl/α,β-unsaturated/α-hetero) is 1. The van der Waals surface area contributed by atoms with Gasteiger partial charge in [0.25, 0.3) is 0 Å². The third-order valence-corrected chi connectivity index (χ3v) is 2.52. The molecule has 0 unspecified atom stereocenters.